The third-order valence-corrected chi connectivity index (χ3v) is 4.86. The van der Waals surface area contributed by atoms with Gasteiger partial charge in [0.1, 0.15) is 6.04 Å². The number of nitrogens with one attached hydrogen (secondary N) is 3. The van der Waals surface area contributed by atoms with Crippen molar-refractivity contribution >= 4 is 11.6 Å². The Kier molecular flexibility index (Phi) is 4.78. The Bertz CT molecular complexity index is 711. The third-order valence-electron chi connectivity index (χ3n) is 4.86. The number of benzene rings is 1. The molecule has 0 bridgehead atoms. The first kappa shape index (κ1) is 16.3. The van der Waals surface area contributed by atoms with Gasteiger partial charge in [-0.3, -0.25) is 9.48 Å². The summed E-state index contributed by atoms with van der Waals surface area (Å²) in [5, 5.41) is 7.35. The van der Waals surface area contributed by atoms with E-state index in [4.69, 9.17) is 4.74 Å². The monoisotopic (exact) mass is 341 g/mol. The number of carbonyl (C=O) groups excluding carboxylic acids is 1. The van der Waals surface area contributed by atoms with E-state index >= 15 is 0 Å². The van der Waals surface area contributed by atoms with Gasteiger partial charge in [-0.15, -0.1) is 0 Å². The first-order valence-electron chi connectivity index (χ1n) is 8.78. The van der Waals surface area contributed by atoms with Crippen LogP contribution >= 0.6 is 0 Å². The summed E-state index contributed by atoms with van der Waals surface area (Å²) in [6.45, 7) is 1.54. The van der Waals surface area contributed by atoms with Crippen molar-refractivity contribution in [2.24, 2.45) is 0 Å². The molecule has 7 heteroatoms. The van der Waals surface area contributed by atoms with E-state index in [1.165, 1.54) is 5.56 Å². The minimum absolute atomic E-state index is 0.0440. The Morgan fingerprint density at radius 2 is 2.00 bits per heavy atom. The number of rotatable bonds is 4. The molecule has 2 aromatic rings. The van der Waals surface area contributed by atoms with Gasteiger partial charge in [0.05, 0.1) is 17.9 Å². The summed E-state index contributed by atoms with van der Waals surface area (Å²) in [6.07, 6.45) is 6.25. The maximum Gasteiger partial charge on any atom is 0.243 e. The van der Waals surface area contributed by atoms with Gasteiger partial charge in [0.25, 0.3) is 0 Å². The lowest BCUT2D eigenvalue weighted by Crippen LogP contribution is -2.39. The van der Waals surface area contributed by atoms with E-state index in [9.17, 15) is 4.79 Å². The standard InChI is InChI=1S/C18H23N5O2/c24-18(17-10-16(21-22-17)13-4-2-1-3-5-13)20-14-11-19-23(12-14)15-6-8-25-9-7-15/h1-5,11-12,15-17,21-22H,6-10H2,(H,20,24). The zero-order valence-electron chi connectivity index (χ0n) is 14.0. The molecule has 0 aliphatic carbocycles. The zero-order chi connectivity index (χ0) is 17.1. The largest absolute Gasteiger partial charge is 0.381 e. The molecule has 7 nitrogen and oxygen atoms in total. The molecule has 3 heterocycles. The molecule has 25 heavy (non-hydrogen) atoms. The second-order valence-electron chi connectivity index (χ2n) is 6.58. The smallest absolute Gasteiger partial charge is 0.243 e. The van der Waals surface area contributed by atoms with Crippen molar-refractivity contribution in [1.29, 1.82) is 0 Å². The number of aromatic nitrogens is 2. The van der Waals surface area contributed by atoms with E-state index in [2.05, 4.69) is 33.4 Å². The Labute approximate surface area is 146 Å². The van der Waals surface area contributed by atoms with Crippen LogP contribution in [0, 0.1) is 0 Å². The van der Waals surface area contributed by atoms with Gasteiger partial charge in [0.15, 0.2) is 0 Å². The van der Waals surface area contributed by atoms with Gasteiger partial charge in [-0.05, 0) is 24.8 Å². The van der Waals surface area contributed by atoms with Crippen LogP contribution in [-0.2, 0) is 9.53 Å². The van der Waals surface area contributed by atoms with Crippen LogP contribution in [0.15, 0.2) is 42.7 Å². The van der Waals surface area contributed by atoms with Crippen LogP contribution in [0.4, 0.5) is 5.69 Å². The van der Waals surface area contributed by atoms with Crippen LogP contribution < -0.4 is 16.2 Å². The molecular formula is C18H23N5O2. The SMILES string of the molecule is O=C(Nc1cnn(C2CCOCC2)c1)C1CC(c2ccccc2)NN1. The number of amides is 1. The molecule has 4 rings (SSSR count). The zero-order valence-corrected chi connectivity index (χ0v) is 14.0. The second kappa shape index (κ2) is 7.35. The number of anilines is 1. The van der Waals surface area contributed by atoms with E-state index in [0.717, 1.165) is 31.7 Å². The number of hydrogen-bond donors (Lipinski definition) is 3. The molecule has 2 aliphatic rings. The Hall–Kier alpha value is -2.22. The minimum atomic E-state index is -0.267. The topological polar surface area (TPSA) is 80.2 Å². The average molecular weight is 341 g/mol. The fourth-order valence-corrected chi connectivity index (χ4v) is 3.41. The summed E-state index contributed by atoms with van der Waals surface area (Å²) < 4.78 is 7.32. The second-order valence-corrected chi connectivity index (χ2v) is 6.58. The van der Waals surface area contributed by atoms with Crippen molar-refractivity contribution in [3.8, 4) is 0 Å². The molecule has 1 aromatic carbocycles. The molecule has 2 saturated heterocycles. The maximum atomic E-state index is 12.5. The highest BCUT2D eigenvalue weighted by molar-refractivity contribution is 5.94. The molecule has 2 atom stereocenters. The summed E-state index contributed by atoms with van der Waals surface area (Å²) in [5.41, 5.74) is 8.21. The summed E-state index contributed by atoms with van der Waals surface area (Å²) in [4.78, 5) is 12.5. The Balaban J connectivity index is 1.34. The van der Waals surface area contributed by atoms with Crippen LogP contribution in [0.3, 0.4) is 0 Å². The van der Waals surface area contributed by atoms with Gasteiger partial charge < -0.3 is 10.1 Å². The third kappa shape index (κ3) is 3.73. The van der Waals surface area contributed by atoms with Crippen molar-refractivity contribution in [3.05, 3.63) is 48.3 Å². The molecule has 1 amide bonds. The van der Waals surface area contributed by atoms with Gasteiger partial charge in [-0.1, -0.05) is 30.3 Å². The normalized spacial score (nSPS) is 24.3. The molecular weight excluding hydrogens is 318 g/mol. The lowest BCUT2D eigenvalue weighted by Gasteiger charge is -2.22. The van der Waals surface area contributed by atoms with Crippen LogP contribution in [0.1, 0.15) is 36.9 Å². The predicted octanol–water partition coefficient (Wildman–Crippen LogP) is 1.78. The van der Waals surface area contributed by atoms with Gasteiger partial charge >= 0.3 is 0 Å². The number of nitrogens with zero attached hydrogens (tertiary/aromatic N) is 2. The Morgan fingerprint density at radius 3 is 2.80 bits per heavy atom. The molecule has 132 valence electrons. The van der Waals surface area contributed by atoms with Gasteiger partial charge in [0, 0.05) is 25.5 Å². The molecule has 2 unspecified atom stereocenters. The molecule has 2 aliphatic heterocycles. The summed E-state index contributed by atoms with van der Waals surface area (Å²) in [7, 11) is 0. The van der Waals surface area contributed by atoms with Crippen molar-refractivity contribution in [1.82, 2.24) is 20.6 Å². The summed E-state index contributed by atoms with van der Waals surface area (Å²) in [6, 6.07) is 10.4. The molecule has 0 radical (unpaired) electrons. The number of ether oxygens (including phenoxy) is 1. The molecule has 3 N–H and O–H groups in total. The van der Waals surface area contributed by atoms with E-state index in [-0.39, 0.29) is 18.0 Å². The van der Waals surface area contributed by atoms with Gasteiger partial charge in [-0.25, -0.2) is 10.9 Å². The molecule has 0 saturated carbocycles. The van der Waals surface area contributed by atoms with Crippen LogP contribution in [0.5, 0.6) is 0 Å². The van der Waals surface area contributed by atoms with Crippen LogP contribution in [0.2, 0.25) is 0 Å². The van der Waals surface area contributed by atoms with Crippen molar-refractivity contribution in [3.63, 3.8) is 0 Å². The number of hydrogen-bond acceptors (Lipinski definition) is 5. The van der Waals surface area contributed by atoms with Crippen molar-refractivity contribution < 1.29 is 9.53 Å². The predicted molar refractivity (Wildman–Crippen MR) is 93.8 cm³/mol. The first-order chi connectivity index (χ1) is 12.3. The van der Waals surface area contributed by atoms with Crippen LogP contribution in [-0.4, -0.2) is 34.9 Å². The van der Waals surface area contributed by atoms with Crippen molar-refractivity contribution in [2.75, 3.05) is 18.5 Å². The molecule has 1 aromatic heterocycles. The lowest BCUT2D eigenvalue weighted by molar-refractivity contribution is -0.117. The highest BCUT2D eigenvalue weighted by Crippen LogP contribution is 2.24. The average Bonchev–Trinajstić information content (AvgIpc) is 3.33. The quantitative estimate of drug-likeness (QED) is 0.790. The fourth-order valence-electron chi connectivity index (χ4n) is 3.41. The first-order valence-corrected chi connectivity index (χ1v) is 8.78. The van der Waals surface area contributed by atoms with Gasteiger partial charge in [-0.2, -0.15) is 5.10 Å². The summed E-state index contributed by atoms with van der Waals surface area (Å²) >= 11 is 0. The number of hydrazine groups is 1. The van der Waals surface area contributed by atoms with Crippen molar-refractivity contribution in [2.45, 2.75) is 37.4 Å². The lowest BCUT2D eigenvalue weighted by atomic mass is 10.0. The van der Waals surface area contributed by atoms with Gasteiger partial charge in [0.2, 0.25) is 5.91 Å². The Morgan fingerprint density at radius 1 is 1.20 bits per heavy atom. The minimum Gasteiger partial charge on any atom is -0.381 e. The fraction of sp³-hybridized carbons (Fsp3) is 0.444. The summed E-state index contributed by atoms with van der Waals surface area (Å²) in [5.74, 6) is -0.0440. The number of carbonyl (C=O) groups is 1. The van der Waals surface area contributed by atoms with E-state index < -0.39 is 0 Å². The maximum absolute atomic E-state index is 12.5. The van der Waals surface area contributed by atoms with E-state index in [1.807, 2.05) is 29.1 Å². The van der Waals surface area contributed by atoms with E-state index in [0.29, 0.717) is 12.5 Å². The van der Waals surface area contributed by atoms with Crippen LogP contribution in [0.25, 0.3) is 0 Å². The molecule has 0 spiro atoms. The highest BCUT2D eigenvalue weighted by atomic mass is 16.5. The highest BCUT2D eigenvalue weighted by Gasteiger charge is 2.30. The molecule has 2 fully saturated rings. The van der Waals surface area contributed by atoms with E-state index in [1.54, 1.807) is 6.20 Å².